The first-order valence-corrected chi connectivity index (χ1v) is 10.7. The van der Waals surface area contributed by atoms with Gasteiger partial charge in [-0.25, -0.2) is 0 Å². The predicted molar refractivity (Wildman–Crippen MR) is 126 cm³/mol. The van der Waals surface area contributed by atoms with E-state index in [2.05, 4.69) is 10.6 Å². The lowest BCUT2D eigenvalue weighted by Crippen LogP contribution is -2.33. The second kappa shape index (κ2) is 11.7. The van der Waals surface area contributed by atoms with Crippen LogP contribution in [0.3, 0.4) is 0 Å². The number of nitrogens with one attached hydrogen (secondary N) is 2. The third kappa shape index (κ3) is 7.36. The fourth-order valence-corrected chi connectivity index (χ4v) is 3.36. The molecule has 0 fully saturated rings. The van der Waals surface area contributed by atoms with E-state index in [0.29, 0.717) is 22.9 Å². The van der Waals surface area contributed by atoms with Crippen molar-refractivity contribution in [3.63, 3.8) is 0 Å². The molecule has 0 heterocycles. The molecule has 7 nitrogen and oxygen atoms in total. The number of hydrogen-bond donors (Lipinski definition) is 3. The van der Waals surface area contributed by atoms with Crippen LogP contribution < -0.4 is 21.1 Å². The van der Waals surface area contributed by atoms with Crippen LogP contribution in [0.2, 0.25) is 5.02 Å². The number of nitrogens with two attached hydrogens (primary N) is 1. The monoisotopic (exact) mass is 465 g/mol. The Kier molecular flexibility index (Phi) is 8.43. The number of hydrogen-bond acceptors (Lipinski definition) is 4. The van der Waals surface area contributed by atoms with Gasteiger partial charge in [0.25, 0.3) is 11.8 Å². The summed E-state index contributed by atoms with van der Waals surface area (Å²) in [6.45, 7) is 0.103. The lowest BCUT2D eigenvalue weighted by molar-refractivity contribution is -0.122. The summed E-state index contributed by atoms with van der Waals surface area (Å²) in [4.78, 5) is 36.2. The highest BCUT2D eigenvalue weighted by molar-refractivity contribution is 6.33. The van der Waals surface area contributed by atoms with Gasteiger partial charge in [0, 0.05) is 6.54 Å². The van der Waals surface area contributed by atoms with Gasteiger partial charge in [0.2, 0.25) is 5.91 Å². The molecule has 33 heavy (non-hydrogen) atoms. The highest BCUT2D eigenvalue weighted by Gasteiger charge is 2.20. The molecule has 0 bridgehead atoms. The molecule has 0 unspecified atom stereocenters. The van der Waals surface area contributed by atoms with Crippen LogP contribution >= 0.6 is 11.6 Å². The molecule has 0 radical (unpaired) electrons. The molecule has 0 spiro atoms. The minimum atomic E-state index is -0.555. The maximum absolute atomic E-state index is 12.8. The Bertz CT molecular complexity index is 1100. The van der Waals surface area contributed by atoms with Crippen LogP contribution in [0.1, 0.15) is 33.9 Å². The molecule has 3 aromatic carbocycles. The summed E-state index contributed by atoms with van der Waals surface area (Å²) in [6.07, 6.45) is 0.0556. The summed E-state index contributed by atoms with van der Waals surface area (Å²) in [5.74, 6) is -0.623. The summed E-state index contributed by atoms with van der Waals surface area (Å²) in [6, 6.07) is 22.5. The van der Waals surface area contributed by atoms with Crippen LogP contribution in [0.4, 0.5) is 0 Å². The molecule has 0 aliphatic rings. The van der Waals surface area contributed by atoms with Gasteiger partial charge in [-0.15, -0.1) is 0 Å². The van der Waals surface area contributed by atoms with Crippen molar-refractivity contribution in [1.29, 1.82) is 0 Å². The third-order valence-electron chi connectivity index (χ3n) is 4.81. The Morgan fingerprint density at radius 3 is 2.24 bits per heavy atom. The largest absolute Gasteiger partial charge is 0.484 e. The van der Waals surface area contributed by atoms with Crippen LogP contribution in [-0.4, -0.2) is 24.3 Å². The first-order valence-electron chi connectivity index (χ1n) is 10.3. The fourth-order valence-electron chi connectivity index (χ4n) is 3.14. The lowest BCUT2D eigenvalue weighted by Gasteiger charge is -2.19. The smallest absolute Gasteiger partial charge is 0.255 e. The number of primary amides is 1. The van der Waals surface area contributed by atoms with Crippen LogP contribution in [0, 0.1) is 0 Å². The van der Waals surface area contributed by atoms with E-state index in [1.807, 2.05) is 30.3 Å². The van der Waals surface area contributed by atoms with Crippen molar-refractivity contribution in [3.8, 4) is 5.75 Å². The molecule has 0 saturated heterocycles. The number of carbonyl (C=O) groups is 3. The topological polar surface area (TPSA) is 111 Å². The van der Waals surface area contributed by atoms with E-state index < -0.39 is 11.9 Å². The molecule has 1 atom stereocenters. The second-order valence-corrected chi connectivity index (χ2v) is 7.70. The van der Waals surface area contributed by atoms with Gasteiger partial charge < -0.3 is 21.1 Å². The zero-order valence-corrected chi connectivity index (χ0v) is 18.5. The molecule has 3 aromatic rings. The Balaban J connectivity index is 1.61. The van der Waals surface area contributed by atoms with Crippen molar-refractivity contribution < 1.29 is 19.1 Å². The molecular weight excluding hydrogens is 442 g/mol. The van der Waals surface area contributed by atoms with E-state index in [1.54, 1.807) is 48.5 Å². The number of benzene rings is 3. The van der Waals surface area contributed by atoms with E-state index >= 15 is 0 Å². The SMILES string of the molecule is NC(=O)COc1ccc(CNC(=O)C[C@@H](NC(=O)c2ccccc2Cl)c2ccccc2)cc1. The fraction of sp³-hybridized carbons (Fsp3) is 0.160. The molecule has 4 N–H and O–H groups in total. The molecule has 8 heteroatoms. The maximum atomic E-state index is 12.8. The van der Waals surface area contributed by atoms with Crippen molar-refractivity contribution >= 4 is 29.3 Å². The van der Waals surface area contributed by atoms with Crippen molar-refractivity contribution in [2.75, 3.05) is 6.61 Å². The van der Waals surface area contributed by atoms with Crippen molar-refractivity contribution in [1.82, 2.24) is 10.6 Å². The molecule has 0 aliphatic heterocycles. The van der Waals surface area contributed by atoms with E-state index in [9.17, 15) is 14.4 Å². The molecular formula is C25H24ClN3O4. The highest BCUT2D eigenvalue weighted by atomic mass is 35.5. The molecule has 3 amide bonds. The number of amides is 3. The first-order chi connectivity index (χ1) is 15.9. The average Bonchev–Trinajstić information content (AvgIpc) is 2.82. The summed E-state index contributed by atoms with van der Waals surface area (Å²) in [5.41, 5.74) is 7.07. The van der Waals surface area contributed by atoms with Crippen molar-refractivity contribution in [3.05, 3.63) is 101 Å². The van der Waals surface area contributed by atoms with Crippen LogP contribution in [0.15, 0.2) is 78.9 Å². The molecule has 0 aromatic heterocycles. The van der Waals surface area contributed by atoms with Gasteiger partial charge in [-0.1, -0.05) is 66.2 Å². The summed E-state index contributed by atoms with van der Waals surface area (Å²) in [7, 11) is 0. The molecule has 170 valence electrons. The van der Waals surface area contributed by atoms with Crippen molar-refractivity contribution in [2.45, 2.75) is 19.0 Å². The van der Waals surface area contributed by atoms with E-state index in [0.717, 1.165) is 11.1 Å². The van der Waals surface area contributed by atoms with Gasteiger partial charge in [-0.2, -0.15) is 0 Å². The zero-order valence-electron chi connectivity index (χ0n) is 17.8. The van der Waals surface area contributed by atoms with E-state index in [1.165, 1.54) is 0 Å². The highest BCUT2D eigenvalue weighted by Crippen LogP contribution is 2.20. The molecule has 3 rings (SSSR count). The Labute approximate surface area is 196 Å². The number of ether oxygens (including phenoxy) is 1. The minimum absolute atomic E-state index is 0.0556. The maximum Gasteiger partial charge on any atom is 0.255 e. The zero-order chi connectivity index (χ0) is 23.6. The second-order valence-electron chi connectivity index (χ2n) is 7.30. The van der Waals surface area contributed by atoms with Gasteiger partial charge in [-0.05, 0) is 35.4 Å². The van der Waals surface area contributed by atoms with Crippen LogP contribution in [0.5, 0.6) is 5.75 Å². The van der Waals surface area contributed by atoms with E-state index in [-0.39, 0.29) is 24.8 Å². The lowest BCUT2D eigenvalue weighted by atomic mass is 10.0. The summed E-state index contributed by atoms with van der Waals surface area (Å²) >= 11 is 6.15. The van der Waals surface area contributed by atoms with Gasteiger partial charge >= 0.3 is 0 Å². The Hall–Kier alpha value is -3.84. The molecule has 0 saturated carbocycles. The summed E-state index contributed by atoms with van der Waals surface area (Å²) in [5, 5.41) is 6.12. The van der Waals surface area contributed by atoms with Gasteiger partial charge in [0.1, 0.15) is 5.75 Å². The van der Waals surface area contributed by atoms with Crippen LogP contribution in [-0.2, 0) is 16.1 Å². The number of rotatable bonds is 10. The first kappa shape index (κ1) is 23.8. The summed E-state index contributed by atoms with van der Waals surface area (Å²) < 4.78 is 5.22. The Morgan fingerprint density at radius 1 is 0.909 bits per heavy atom. The predicted octanol–water partition coefficient (Wildman–Crippen LogP) is 3.38. The van der Waals surface area contributed by atoms with Gasteiger partial charge in [-0.3, -0.25) is 14.4 Å². The minimum Gasteiger partial charge on any atom is -0.484 e. The normalized spacial score (nSPS) is 11.3. The third-order valence-corrected chi connectivity index (χ3v) is 5.14. The van der Waals surface area contributed by atoms with Crippen molar-refractivity contribution in [2.24, 2.45) is 5.73 Å². The quantitative estimate of drug-likeness (QED) is 0.426. The van der Waals surface area contributed by atoms with Gasteiger partial charge in [0.15, 0.2) is 6.61 Å². The van der Waals surface area contributed by atoms with E-state index in [4.69, 9.17) is 22.1 Å². The number of carbonyl (C=O) groups excluding carboxylic acids is 3. The average molecular weight is 466 g/mol. The standard InChI is InChI=1S/C25H24ClN3O4/c26-21-9-5-4-8-20(21)25(32)29-22(18-6-2-1-3-7-18)14-24(31)28-15-17-10-12-19(13-11-17)33-16-23(27)30/h1-13,22H,14-16H2,(H2,27,30)(H,28,31)(H,29,32)/t22-/m1/s1. The van der Waals surface area contributed by atoms with Gasteiger partial charge in [0.05, 0.1) is 23.0 Å². The Morgan fingerprint density at radius 2 is 1.58 bits per heavy atom. The van der Waals surface area contributed by atoms with Crippen LogP contribution in [0.25, 0.3) is 0 Å². The molecule has 0 aliphatic carbocycles. The number of halogens is 1.